The van der Waals surface area contributed by atoms with E-state index >= 15 is 0 Å². The lowest BCUT2D eigenvalue weighted by Crippen LogP contribution is -2.48. The Morgan fingerprint density at radius 3 is 2.25 bits per heavy atom. The minimum Gasteiger partial charge on any atom is -0.483 e. The maximum Gasteiger partial charge on any atom is 0.422 e. The van der Waals surface area contributed by atoms with Crippen molar-refractivity contribution in [3.63, 3.8) is 0 Å². The fourth-order valence-electron chi connectivity index (χ4n) is 3.21. The van der Waals surface area contributed by atoms with E-state index in [2.05, 4.69) is 0 Å². The van der Waals surface area contributed by atoms with Crippen molar-refractivity contribution in [1.29, 1.82) is 0 Å². The van der Waals surface area contributed by atoms with Gasteiger partial charge in [0.1, 0.15) is 5.75 Å². The Labute approximate surface area is 193 Å². The molecule has 1 heterocycles. The van der Waals surface area contributed by atoms with Crippen LogP contribution in [0.15, 0.2) is 41.3 Å². The number of anilines is 1. The first-order valence-electron chi connectivity index (χ1n) is 9.38. The zero-order chi connectivity index (χ0) is 23.7. The number of carbonyl (C=O) groups excluding carboxylic acids is 1. The van der Waals surface area contributed by atoms with Gasteiger partial charge in [0.15, 0.2) is 16.4 Å². The minimum absolute atomic E-state index is 0.135. The van der Waals surface area contributed by atoms with Gasteiger partial charge in [0.05, 0.1) is 20.5 Å². The van der Waals surface area contributed by atoms with Crippen LogP contribution >= 0.6 is 23.2 Å². The molecule has 1 fully saturated rings. The van der Waals surface area contributed by atoms with Crippen molar-refractivity contribution in [2.24, 2.45) is 0 Å². The molecule has 12 heteroatoms. The van der Waals surface area contributed by atoms with Gasteiger partial charge < -0.3 is 14.5 Å². The number of hydrogen-bond donors (Lipinski definition) is 0. The topological polar surface area (TPSA) is 66.9 Å². The summed E-state index contributed by atoms with van der Waals surface area (Å²) in [4.78, 5) is 16.2. The van der Waals surface area contributed by atoms with E-state index in [1.54, 1.807) is 18.2 Å². The van der Waals surface area contributed by atoms with Gasteiger partial charge in [-0.05, 0) is 36.4 Å². The quantitative estimate of drug-likeness (QED) is 0.599. The van der Waals surface area contributed by atoms with Gasteiger partial charge in [-0.3, -0.25) is 4.79 Å². The number of amides is 1. The smallest absolute Gasteiger partial charge is 0.422 e. The van der Waals surface area contributed by atoms with Gasteiger partial charge in [0, 0.05) is 38.1 Å². The van der Waals surface area contributed by atoms with E-state index in [0.717, 1.165) is 18.0 Å². The number of halogens is 5. The van der Waals surface area contributed by atoms with Gasteiger partial charge in [0.25, 0.3) is 5.91 Å². The standard InChI is InChI=1S/C20H19Cl2F3N2O4S/c1-32(29,30)14-3-4-15(18(11-14)31-12-20(23,24)25)19(28)27-8-6-26(7-9-27)13-2-5-16(21)17(22)10-13/h2-5,10-11H,6-9,12H2,1H3. The molecule has 0 atom stereocenters. The lowest BCUT2D eigenvalue weighted by atomic mass is 10.1. The fourth-order valence-corrected chi connectivity index (χ4v) is 4.14. The van der Waals surface area contributed by atoms with Crippen molar-refractivity contribution >= 4 is 44.6 Å². The Bertz CT molecular complexity index is 1120. The summed E-state index contributed by atoms with van der Waals surface area (Å²) < 4.78 is 66.3. The first kappa shape index (κ1) is 24.5. The molecule has 0 aromatic heterocycles. The van der Waals surface area contributed by atoms with E-state index in [1.807, 2.05) is 4.90 Å². The Morgan fingerprint density at radius 2 is 1.69 bits per heavy atom. The Balaban J connectivity index is 1.78. The van der Waals surface area contributed by atoms with Crippen molar-refractivity contribution < 1.29 is 31.1 Å². The van der Waals surface area contributed by atoms with E-state index < -0.39 is 34.3 Å². The lowest BCUT2D eigenvalue weighted by molar-refractivity contribution is -0.153. The summed E-state index contributed by atoms with van der Waals surface area (Å²) in [7, 11) is -3.70. The van der Waals surface area contributed by atoms with E-state index in [-0.39, 0.29) is 10.5 Å². The largest absolute Gasteiger partial charge is 0.483 e. The number of nitrogens with zero attached hydrogens (tertiary/aromatic N) is 2. The maximum atomic E-state index is 13.0. The summed E-state index contributed by atoms with van der Waals surface area (Å²) in [6, 6.07) is 8.49. The molecule has 0 spiro atoms. The van der Waals surface area contributed by atoms with Crippen LogP contribution in [0.3, 0.4) is 0 Å². The summed E-state index contributed by atoms with van der Waals surface area (Å²) in [6.45, 7) is -0.128. The van der Waals surface area contributed by atoms with Crippen molar-refractivity contribution in [2.45, 2.75) is 11.1 Å². The number of ether oxygens (including phenoxy) is 1. The third kappa shape index (κ3) is 5.99. The Hall–Kier alpha value is -2.17. The highest BCUT2D eigenvalue weighted by molar-refractivity contribution is 7.90. The molecule has 0 aliphatic carbocycles. The molecular weight excluding hydrogens is 492 g/mol. The van der Waals surface area contributed by atoms with E-state index in [9.17, 15) is 26.4 Å². The SMILES string of the molecule is CS(=O)(=O)c1ccc(C(=O)N2CCN(c3ccc(Cl)c(Cl)c3)CC2)c(OCC(F)(F)F)c1. The number of carbonyl (C=O) groups is 1. The molecule has 6 nitrogen and oxygen atoms in total. The highest BCUT2D eigenvalue weighted by Gasteiger charge is 2.31. The molecule has 0 unspecified atom stereocenters. The molecule has 0 radical (unpaired) electrons. The molecule has 2 aromatic carbocycles. The monoisotopic (exact) mass is 510 g/mol. The zero-order valence-corrected chi connectivity index (χ0v) is 19.2. The number of hydrogen-bond acceptors (Lipinski definition) is 5. The molecule has 1 amide bonds. The molecule has 32 heavy (non-hydrogen) atoms. The van der Waals surface area contributed by atoms with Crippen LogP contribution in [0.25, 0.3) is 0 Å². The van der Waals surface area contributed by atoms with Crippen LogP contribution in [0.2, 0.25) is 10.0 Å². The lowest BCUT2D eigenvalue weighted by Gasteiger charge is -2.36. The first-order chi connectivity index (χ1) is 14.8. The summed E-state index contributed by atoms with van der Waals surface area (Å²) in [5, 5.41) is 0.827. The number of benzene rings is 2. The van der Waals surface area contributed by atoms with Crippen LogP contribution in [0.1, 0.15) is 10.4 Å². The molecule has 174 valence electrons. The van der Waals surface area contributed by atoms with E-state index in [1.165, 1.54) is 17.0 Å². The van der Waals surface area contributed by atoms with Gasteiger partial charge in [-0.1, -0.05) is 23.2 Å². The van der Waals surface area contributed by atoms with E-state index in [0.29, 0.717) is 36.2 Å². The fraction of sp³-hybridized carbons (Fsp3) is 0.350. The molecule has 0 bridgehead atoms. The molecule has 2 aromatic rings. The van der Waals surface area contributed by atoms with Gasteiger partial charge in [0.2, 0.25) is 0 Å². The van der Waals surface area contributed by atoms with Crippen molar-refractivity contribution in [2.75, 3.05) is 43.9 Å². The summed E-state index contributed by atoms with van der Waals surface area (Å²) in [6.07, 6.45) is -3.73. The summed E-state index contributed by atoms with van der Waals surface area (Å²) >= 11 is 12.0. The molecule has 1 saturated heterocycles. The van der Waals surface area contributed by atoms with Crippen LogP contribution in [-0.4, -0.2) is 64.4 Å². The second-order valence-corrected chi connectivity index (χ2v) is 10.0. The van der Waals surface area contributed by atoms with Crippen LogP contribution < -0.4 is 9.64 Å². The minimum atomic E-state index is -4.65. The van der Waals surface area contributed by atoms with Gasteiger partial charge in [-0.15, -0.1) is 0 Å². The van der Waals surface area contributed by atoms with Gasteiger partial charge in [-0.25, -0.2) is 8.42 Å². The molecular formula is C20H19Cl2F3N2O4S. The highest BCUT2D eigenvalue weighted by Crippen LogP contribution is 2.30. The predicted molar refractivity (Wildman–Crippen MR) is 116 cm³/mol. The second kappa shape index (κ2) is 9.36. The summed E-state index contributed by atoms with van der Waals surface area (Å²) in [5.41, 5.74) is 0.697. The molecule has 0 saturated carbocycles. The van der Waals surface area contributed by atoms with E-state index in [4.69, 9.17) is 27.9 Å². The maximum absolute atomic E-state index is 13.0. The van der Waals surface area contributed by atoms with Crippen LogP contribution in [0, 0.1) is 0 Å². The second-order valence-electron chi connectivity index (χ2n) is 7.21. The molecule has 0 N–H and O–H groups in total. The highest BCUT2D eigenvalue weighted by atomic mass is 35.5. The van der Waals surface area contributed by atoms with Gasteiger partial charge >= 0.3 is 6.18 Å². The Morgan fingerprint density at radius 1 is 1.03 bits per heavy atom. The van der Waals surface area contributed by atoms with Crippen LogP contribution in [0.4, 0.5) is 18.9 Å². The van der Waals surface area contributed by atoms with Crippen molar-refractivity contribution in [1.82, 2.24) is 4.90 Å². The van der Waals surface area contributed by atoms with Gasteiger partial charge in [-0.2, -0.15) is 13.2 Å². The number of rotatable bonds is 5. The zero-order valence-electron chi connectivity index (χ0n) is 16.8. The van der Waals surface area contributed by atoms with Crippen molar-refractivity contribution in [3.8, 4) is 5.75 Å². The number of alkyl halides is 3. The van der Waals surface area contributed by atoms with Crippen LogP contribution in [0.5, 0.6) is 5.75 Å². The normalized spacial score (nSPS) is 15.1. The number of sulfone groups is 1. The Kier molecular flexibility index (Phi) is 7.16. The average molecular weight is 511 g/mol. The predicted octanol–water partition coefficient (Wildman–Crippen LogP) is 4.30. The molecule has 1 aliphatic rings. The molecule has 3 rings (SSSR count). The van der Waals surface area contributed by atoms with Crippen LogP contribution in [-0.2, 0) is 9.84 Å². The van der Waals surface area contributed by atoms with Crippen molar-refractivity contribution in [3.05, 3.63) is 52.0 Å². The first-order valence-corrected chi connectivity index (χ1v) is 12.0. The third-order valence-corrected chi connectivity index (χ3v) is 6.69. The third-order valence-electron chi connectivity index (χ3n) is 4.84. The number of piperazine rings is 1. The average Bonchev–Trinajstić information content (AvgIpc) is 2.72. The molecule has 1 aliphatic heterocycles. The summed E-state index contributed by atoms with van der Waals surface area (Å²) in [5.74, 6) is -0.974.